The van der Waals surface area contributed by atoms with Gasteiger partial charge in [-0.3, -0.25) is 0 Å². The van der Waals surface area contributed by atoms with Gasteiger partial charge in [-0.15, -0.1) is 0 Å². The van der Waals surface area contributed by atoms with Gasteiger partial charge in [0.25, 0.3) is 0 Å². The van der Waals surface area contributed by atoms with Crippen molar-refractivity contribution in [2.75, 3.05) is 26.2 Å². The summed E-state index contributed by atoms with van der Waals surface area (Å²) in [5.41, 5.74) is 0. The zero-order valence-corrected chi connectivity index (χ0v) is 13.9. The number of nitrogens with one attached hydrogen (secondary N) is 1. The van der Waals surface area contributed by atoms with E-state index < -0.39 is 0 Å². The molecule has 1 aliphatic rings. The molecular weight excluding hydrogens is 232 g/mol. The van der Waals surface area contributed by atoms with Crippen LogP contribution in [0.4, 0.5) is 0 Å². The number of nitrogens with zero attached hydrogens (tertiary/aromatic N) is 1. The molecule has 1 fully saturated rings. The molecule has 1 rings (SSSR count). The molecule has 1 saturated carbocycles. The minimum atomic E-state index is 0.771. The van der Waals surface area contributed by atoms with Gasteiger partial charge >= 0.3 is 0 Å². The summed E-state index contributed by atoms with van der Waals surface area (Å²) in [5.74, 6) is 2.41. The van der Waals surface area contributed by atoms with E-state index in [-0.39, 0.29) is 0 Å². The molecule has 2 atom stereocenters. The Labute approximate surface area is 121 Å². The topological polar surface area (TPSA) is 15.3 Å². The van der Waals surface area contributed by atoms with Crippen molar-refractivity contribution in [3.8, 4) is 0 Å². The van der Waals surface area contributed by atoms with Crippen LogP contribution in [0.3, 0.4) is 0 Å². The highest BCUT2D eigenvalue weighted by Crippen LogP contribution is 2.23. The van der Waals surface area contributed by atoms with Crippen LogP contribution in [-0.4, -0.2) is 37.1 Å². The average molecular weight is 268 g/mol. The molecule has 1 N–H and O–H groups in total. The molecule has 114 valence electrons. The number of hydrogen-bond acceptors (Lipinski definition) is 2. The minimum Gasteiger partial charge on any atom is -0.312 e. The van der Waals surface area contributed by atoms with Crippen LogP contribution in [0.25, 0.3) is 0 Å². The van der Waals surface area contributed by atoms with E-state index >= 15 is 0 Å². The van der Waals surface area contributed by atoms with E-state index in [9.17, 15) is 0 Å². The molecule has 2 nitrogen and oxygen atoms in total. The zero-order valence-electron chi connectivity index (χ0n) is 13.9. The first-order valence-electron chi connectivity index (χ1n) is 8.44. The van der Waals surface area contributed by atoms with Crippen molar-refractivity contribution < 1.29 is 0 Å². The summed E-state index contributed by atoms with van der Waals surface area (Å²) in [6, 6.07) is 0.772. The first-order valence-corrected chi connectivity index (χ1v) is 8.44. The standard InChI is InChI=1S/C17H36N2/c1-14(2)12-19(13-15(3)4)11-10-18-17-9-7-6-8-16(17)5/h14-18H,6-13H2,1-5H3. The summed E-state index contributed by atoms with van der Waals surface area (Å²) in [7, 11) is 0. The van der Waals surface area contributed by atoms with Crippen LogP contribution in [0.15, 0.2) is 0 Å². The largest absolute Gasteiger partial charge is 0.312 e. The molecule has 0 amide bonds. The highest BCUT2D eigenvalue weighted by atomic mass is 15.1. The maximum atomic E-state index is 3.81. The zero-order chi connectivity index (χ0) is 14.3. The van der Waals surface area contributed by atoms with Gasteiger partial charge in [-0.2, -0.15) is 0 Å². The molecule has 0 heterocycles. The lowest BCUT2D eigenvalue weighted by atomic mass is 9.86. The molecule has 0 spiro atoms. The van der Waals surface area contributed by atoms with Gasteiger partial charge in [-0.25, -0.2) is 0 Å². The van der Waals surface area contributed by atoms with Crippen molar-refractivity contribution in [1.82, 2.24) is 10.2 Å². The molecule has 2 unspecified atom stereocenters. The molecule has 0 aliphatic heterocycles. The summed E-state index contributed by atoms with van der Waals surface area (Å²) >= 11 is 0. The fourth-order valence-corrected chi connectivity index (χ4v) is 3.32. The quantitative estimate of drug-likeness (QED) is 0.721. The summed E-state index contributed by atoms with van der Waals surface area (Å²) in [6.45, 7) is 16.5. The third-order valence-corrected chi connectivity index (χ3v) is 4.19. The van der Waals surface area contributed by atoms with Crippen molar-refractivity contribution in [3.63, 3.8) is 0 Å². The highest BCUT2D eigenvalue weighted by Gasteiger charge is 2.20. The molecule has 0 saturated heterocycles. The third-order valence-electron chi connectivity index (χ3n) is 4.19. The van der Waals surface area contributed by atoms with Crippen LogP contribution in [0.5, 0.6) is 0 Å². The van der Waals surface area contributed by atoms with Crippen LogP contribution in [0.2, 0.25) is 0 Å². The molecule has 0 aromatic heterocycles. The number of hydrogen-bond donors (Lipinski definition) is 1. The lowest BCUT2D eigenvalue weighted by Crippen LogP contribution is -2.43. The number of rotatable bonds is 8. The van der Waals surface area contributed by atoms with Crippen molar-refractivity contribution in [2.24, 2.45) is 17.8 Å². The summed E-state index contributed by atoms with van der Waals surface area (Å²) in [6.07, 6.45) is 5.66. The van der Waals surface area contributed by atoms with E-state index in [1.165, 1.54) is 45.3 Å². The van der Waals surface area contributed by atoms with Crippen LogP contribution in [0, 0.1) is 17.8 Å². The molecule has 1 aliphatic carbocycles. The van der Waals surface area contributed by atoms with Crippen LogP contribution < -0.4 is 5.32 Å². The lowest BCUT2D eigenvalue weighted by Gasteiger charge is -2.31. The summed E-state index contributed by atoms with van der Waals surface area (Å²) in [4.78, 5) is 2.63. The Morgan fingerprint density at radius 1 is 1.00 bits per heavy atom. The van der Waals surface area contributed by atoms with E-state index in [1.807, 2.05) is 0 Å². The minimum absolute atomic E-state index is 0.771. The van der Waals surface area contributed by atoms with Crippen molar-refractivity contribution >= 4 is 0 Å². The Morgan fingerprint density at radius 2 is 1.58 bits per heavy atom. The third kappa shape index (κ3) is 7.31. The Morgan fingerprint density at radius 3 is 2.11 bits per heavy atom. The lowest BCUT2D eigenvalue weighted by molar-refractivity contribution is 0.206. The van der Waals surface area contributed by atoms with Gasteiger partial charge < -0.3 is 10.2 Å². The van der Waals surface area contributed by atoms with E-state index in [0.29, 0.717) is 0 Å². The Balaban J connectivity index is 2.26. The van der Waals surface area contributed by atoms with E-state index in [1.54, 1.807) is 0 Å². The van der Waals surface area contributed by atoms with Gasteiger partial charge in [-0.1, -0.05) is 47.5 Å². The smallest absolute Gasteiger partial charge is 0.0107 e. The molecule has 0 radical (unpaired) electrons. The normalized spacial score (nSPS) is 24.6. The summed E-state index contributed by atoms with van der Waals surface area (Å²) in [5, 5.41) is 3.81. The van der Waals surface area contributed by atoms with Gasteiger partial charge in [0.2, 0.25) is 0 Å². The molecule has 2 heteroatoms. The maximum Gasteiger partial charge on any atom is 0.0107 e. The van der Waals surface area contributed by atoms with Crippen LogP contribution in [0.1, 0.15) is 60.3 Å². The highest BCUT2D eigenvalue weighted by molar-refractivity contribution is 4.78. The summed E-state index contributed by atoms with van der Waals surface area (Å²) < 4.78 is 0. The molecule has 0 bridgehead atoms. The second kappa shape index (κ2) is 8.97. The Kier molecular flexibility index (Phi) is 8.01. The first-order chi connectivity index (χ1) is 8.99. The van der Waals surface area contributed by atoms with Gasteiger partial charge in [0.1, 0.15) is 0 Å². The van der Waals surface area contributed by atoms with Crippen molar-refractivity contribution in [2.45, 2.75) is 66.3 Å². The molecular formula is C17H36N2. The first kappa shape index (κ1) is 17.0. The maximum absolute atomic E-state index is 3.81. The predicted octanol–water partition coefficient (Wildman–Crippen LogP) is 3.77. The second-order valence-electron chi connectivity index (χ2n) is 7.37. The average Bonchev–Trinajstić information content (AvgIpc) is 2.30. The van der Waals surface area contributed by atoms with Crippen molar-refractivity contribution in [3.05, 3.63) is 0 Å². The van der Waals surface area contributed by atoms with Gasteiger partial charge in [-0.05, 0) is 30.6 Å². The van der Waals surface area contributed by atoms with E-state index in [2.05, 4.69) is 44.8 Å². The van der Waals surface area contributed by atoms with E-state index in [4.69, 9.17) is 0 Å². The molecule has 0 aromatic rings. The van der Waals surface area contributed by atoms with Crippen molar-refractivity contribution in [1.29, 1.82) is 0 Å². The molecule has 19 heavy (non-hydrogen) atoms. The Bertz CT molecular complexity index is 215. The SMILES string of the molecule is CC(C)CN(CCNC1CCCCC1C)CC(C)C. The predicted molar refractivity (Wildman–Crippen MR) is 85.5 cm³/mol. The monoisotopic (exact) mass is 268 g/mol. The van der Waals surface area contributed by atoms with Gasteiger partial charge in [0.05, 0.1) is 0 Å². The molecule has 0 aromatic carbocycles. The van der Waals surface area contributed by atoms with Crippen LogP contribution in [-0.2, 0) is 0 Å². The fraction of sp³-hybridized carbons (Fsp3) is 1.00. The van der Waals surface area contributed by atoms with Crippen LogP contribution >= 0.6 is 0 Å². The fourth-order valence-electron chi connectivity index (χ4n) is 3.32. The Hall–Kier alpha value is -0.0800. The van der Waals surface area contributed by atoms with Gasteiger partial charge in [0, 0.05) is 32.2 Å². The van der Waals surface area contributed by atoms with E-state index in [0.717, 1.165) is 30.3 Å². The second-order valence-corrected chi connectivity index (χ2v) is 7.37. The van der Waals surface area contributed by atoms with Gasteiger partial charge in [0.15, 0.2) is 0 Å².